The van der Waals surface area contributed by atoms with Crippen LogP contribution in [0.25, 0.3) is 0 Å². The lowest BCUT2D eigenvalue weighted by Gasteiger charge is -2.07. The molecule has 2 rings (SSSR count). The zero-order chi connectivity index (χ0) is 11.5. The van der Waals surface area contributed by atoms with E-state index in [1.807, 2.05) is 0 Å². The lowest BCUT2D eigenvalue weighted by Crippen LogP contribution is -2.04. The third kappa shape index (κ3) is 2.10. The van der Waals surface area contributed by atoms with Crippen LogP contribution in [0, 0.1) is 12.7 Å². The van der Waals surface area contributed by atoms with Gasteiger partial charge in [-0.1, -0.05) is 11.2 Å². The number of rotatable bonds is 3. The van der Waals surface area contributed by atoms with Crippen molar-refractivity contribution in [1.82, 2.24) is 10.1 Å². The summed E-state index contributed by atoms with van der Waals surface area (Å²) in [4.78, 5) is 4.00. The minimum Gasteiger partial charge on any atom is -0.395 e. The second-order valence-corrected chi connectivity index (χ2v) is 3.29. The first-order valence-electron chi connectivity index (χ1n) is 4.74. The molecule has 0 aliphatic carbocycles. The lowest BCUT2D eigenvalue weighted by molar-refractivity contribution is 0.379. The van der Waals surface area contributed by atoms with E-state index in [4.69, 9.17) is 10.3 Å². The van der Waals surface area contributed by atoms with E-state index >= 15 is 0 Å². The Morgan fingerprint density at radius 1 is 1.50 bits per heavy atom. The van der Waals surface area contributed by atoms with Gasteiger partial charge in [0.2, 0.25) is 5.89 Å². The second kappa shape index (κ2) is 4.18. The molecular formula is C10H11FN4O. The third-order valence-electron chi connectivity index (χ3n) is 2.05. The summed E-state index contributed by atoms with van der Waals surface area (Å²) in [6, 6.07) is 4.56. The Balaban J connectivity index is 2.07. The van der Waals surface area contributed by atoms with Gasteiger partial charge in [-0.2, -0.15) is 4.98 Å². The largest absolute Gasteiger partial charge is 0.395 e. The van der Waals surface area contributed by atoms with Crippen LogP contribution in [-0.2, 0) is 6.54 Å². The van der Waals surface area contributed by atoms with Gasteiger partial charge < -0.3 is 15.6 Å². The SMILES string of the molecule is Cc1noc(CNc2cccc(F)c2N)n1. The van der Waals surface area contributed by atoms with Crippen LogP contribution in [0.4, 0.5) is 15.8 Å². The van der Waals surface area contributed by atoms with E-state index in [2.05, 4.69) is 15.5 Å². The van der Waals surface area contributed by atoms with E-state index < -0.39 is 5.82 Å². The average molecular weight is 222 g/mol. The molecule has 0 unspecified atom stereocenters. The normalized spacial score (nSPS) is 10.4. The van der Waals surface area contributed by atoms with Gasteiger partial charge in [0, 0.05) is 0 Å². The predicted molar refractivity (Wildman–Crippen MR) is 57.2 cm³/mol. The van der Waals surface area contributed by atoms with E-state index in [-0.39, 0.29) is 5.69 Å². The van der Waals surface area contributed by atoms with Gasteiger partial charge in [0.15, 0.2) is 5.82 Å². The number of para-hydroxylation sites is 1. The van der Waals surface area contributed by atoms with Gasteiger partial charge in [-0.15, -0.1) is 0 Å². The van der Waals surface area contributed by atoms with E-state index in [9.17, 15) is 4.39 Å². The van der Waals surface area contributed by atoms with Gasteiger partial charge in [-0.05, 0) is 19.1 Å². The van der Waals surface area contributed by atoms with Crippen LogP contribution in [0.3, 0.4) is 0 Å². The summed E-state index contributed by atoms with van der Waals surface area (Å²) < 4.78 is 18.0. The maximum Gasteiger partial charge on any atom is 0.245 e. The topological polar surface area (TPSA) is 77.0 Å². The van der Waals surface area contributed by atoms with Crippen molar-refractivity contribution >= 4 is 11.4 Å². The number of nitrogens with one attached hydrogen (secondary N) is 1. The molecule has 0 saturated heterocycles. The van der Waals surface area contributed by atoms with Crippen LogP contribution in [0.1, 0.15) is 11.7 Å². The molecule has 0 fully saturated rings. The maximum atomic E-state index is 13.1. The summed E-state index contributed by atoms with van der Waals surface area (Å²) in [7, 11) is 0. The Bertz CT molecular complexity index is 497. The fourth-order valence-corrected chi connectivity index (χ4v) is 1.27. The Hall–Kier alpha value is -2.11. The molecule has 0 bridgehead atoms. The third-order valence-corrected chi connectivity index (χ3v) is 2.05. The predicted octanol–water partition coefficient (Wildman–Crippen LogP) is 1.71. The summed E-state index contributed by atoms with van der Waals surface area (Å²) in [6.45, 7) is 2.04. The van der Waals surface area contributed by atoms with Gasteiger partial charge in [0.1, 0.15) is 5.82 Å². The summed E-state index contributed by atoms with van der Waals surface area (Å²) in [6.07, 6.45) is 0. The monoisotopic (exact) mass is 222 g/mol. The highest BCUT2D eigenvalue weighted by Gasteiger charge is 2.06. The number of nitrogen functional groups attached to an aromatic ring is 1. The van der Waals surface area contributed by atoms with Crippen LogP contribution < -0.4 is 11.1 Å². The van der Waals surface area contributed by atoms with Gasteiger partial charge in [0.05, 0.1) is 17.9 Å². The van der Waals surface area contributed by atoms with Gasteiger partial charge in [-0.3, -0.25) is 0 Å². The van der Waals surface area contributed by atoms with Crippen molar-refractivity contribution in [1.29, 1.82) is 0 Å². The Morgan fingerprint density at radius 3 is 3.00 bits per heavy atom. The minimum absolute atomic E-state index is 0.0822. The van der Waals surface area contributed by atoms with Crippen molar-refractivity contribution in [2.45, 2.75) is 13.5 Å². The van der Waals surface area contributed by atoms with Gasteiger partial charge >= 0.3 is 0 Å². The minimum atomic E-state index is -0.452. The smallest absolute Gasteiger partial charge is 0.245 e. The molecule has 1 aromatic carbocycles. The zero-order valence-corrected chi connectivity index (χ0v) is 8.70. The molecule has 16 heavy (non-hydrogen) atoms. The second-order valence-electron chi connectivity index (χ2n) is 3.29. The molecule has 0 aliphatic heterocycles. The van der Waals surface area contributed by atoms with Crippen LogP contribution in [0.5, 0.6) is 0 Å². The highest BCUT2D eigenvalue weighted by atomic mass is 19.1. The quantitative estimate of drug-likeness (QED) is 0.773. The molecule has 2 aromatic rings. The summed E-state index contributed by atoms with van der Waals surface area (Å²) in [5, 5.41) is 6.56. The highest BCUT2D eigenvalue weighted by molar-refractivity contribution is 5.66. The van der Waals surface area contributed by atoms with Crippen molar-refractivity contribution in [2.24, 2.45) is 0 Å². The molecule has 3 N–H and O–H groups in total. The van der Waals surface area contributed by atoms with E-state index in [1.165, 1.54) is 6.07 Å². The first-order valence-corrected chi connectivity index (χ1v) is 4.74. The summed E-state index contributed by atoms with van der Waals surface area (Å²) in [5.41, 5.74) is 6.14. The van der Waals surface area contributed by atoms with Crippen molar-refractivity contribution in [3.05, 3.63) is 35.7 Å². The standard InChI is InChI=1S/C10H11FN4O/c1-6-14-9(16-15-6)5-13-8-4-2-3-7(11)10(8)12/h2-4,13H,5,12H2,1H3. The van der Waals surface area contributed by atoms with Crippen LogP contribution in [0.15, 0.2) is 22.7 Å². The maximum absolute atomic E-state index is 13.1. The molecule has 0 saturated carbocycles. The van der Waals surface area contributed by atoms with E-state index in [0.29, 0.717) is 23.9 Å². The number of hydrogen-bond donors (Lipinski definition) is 2. The van der Waals surface area contributed by atoms with E-state index in [1.54, 1.807) is 19.1 Å². The molecule has 0 aliphatic rings. The van der Waals surface area contributed by atoms with Crippen molar-refractivity contribution in [3.63, 3.8) is 0 Å². The molecule has 0 spiro atoms. The molecule has 1 aromatic heterocycles. The summed E-state index contributed by atoms with van der Waals surface area (Å²) >= 11 is 0. The zero-order valence-electron chi connectivity index (χ0n) is 8.70. The number of nitrogens with zero attached hydrogens (tertiary/aromatic N) is 2. The Morgan fingerprint density at radius 2 is 2.31 bits per heavy atom. The first kappa shape index (κ1) is 10.4. The molecule has 0 atom stereocenters. The number of nitrogens with two attached hydrogens (primary N) is 1. The van der Waals surface area contributed by atoms with Crippen LogP contribution >= 0.6 is 0 Å². The molecule has 1 heterocycles. The highest BCUT2D eigenvalue weighted by Crippen LogP contribution is 2.21. The molecule has 5 nitrogen and oxygen atoms in total. The molecular weight excluding hydrogens is 211 g/mol. The Labute approximate surface area is 91.5 Å². The number of aromatic nitrogens is 2. The van der Waals surface area contributed by atoms with Crippen LogP contribution in [0.2, 0.25) is 0 Å². The number of anilines is 2. The van der Waals surface area contributed by atoms with Gasteiger partial charge in [-0.25, -0.2) is 4.39 Å². The van der Waals surface area contributed by atoms with Crippen LogP contribution in [-0.4, -0.2) is 10.1 Å². The number of hydrogen-bond acceptors (Lipinski definition) is 5. The van der Waals surface area contributed by atoms with Crippen molar-refractivity contribution in [3.8, 4) is 0 Å². The molecule has 6 heteroatoms. The number of benzene rings is 1. The number of aryl methyl sites for hydroxylation is 1. The molecule has 0 amide bonds. The van der Waals surface area contributed by atoms with Crippen molar-refractivity contribution in [2.75, 3.05) is 11.1 Å². The lowest BCUT2D eigenvalue weighted by atomic mass is 10.2. The van der Waals surface area contributed by atoms with Crippen molar-refractivity contribution < 1.29 is 8.91 Å². The average Bonchev–Trinajstić information content (AvgIpc) is 2.67. The fourth-order valence-electron chi connectivity index (χ4n) is 1.27. The van der Waals surface area contributed by atoms with E-state index in [0.717, 1.165) is 0 Å². The summed E-state index contributed by atoms with van der Waals surface area (Å²) in [5.74, 6) is 0.539. The fraction of sp³-hybridized carbons (Fsp3) is 0.200. The molecule has 84 valence electrons. The molecule has 0 radical (unpaired) electrons. The van der Waals surface area contributed by atoms with Gasteiger partial charge in [0.25, 0.3) is 0 Å². The Kier molecular flexibility index (Phi) is 2.72. The number of halogens is 1. The first-order chi connectivity index (χ1) is 7.66.